The minimum Gasteiger partial charge on any atom is -0.472 e. The molecule has 1 atom stereocenters. The minimum atomic E-state index is -0.715. The first-order valence-electron chi connectivity index (χ1n) is 10.4. The first-order chi connectivity index (χ1) is 15.1. The van der Waals surface area contributed by atoms with Crippen molar-refractivity contribution in [2.75, 3.05) is 11.4 Å². The fourth-order valence-electron chi connectivity index (χ4n) is 3.64. The van der Waals surface area contributed by atoms with Crippen LogP contribution in [0.1, 0.15) is 35.6 Å². The summed E-state index contributed by atoms with van der Waals surface area (Å²) in [5.74, 6) is 0.863. The number of anilines is 1. The molecule has 4 rings (SSSR count). The van der Waals surface area contributed by atoms with E-state index in [-0.39, 0.29) is 11.8 Å². The Balaban J connectivity index is 1.39. The molecule has 0 bridgehead atoms. The third-order valence-corrected chi connectivity index (χ3v) is 5.37. The number of aromatic nitrogens is 1. The number of hydrogen-bond donors (Lipinski definition) is 1. The van der Waals surface area contributed by atoms with Crippen molar-refractivity contribution in [3.8, 4) is 5.75 Å². The van der Waals surface area contributed by atoms with E-state index in [1.807, 2.05) is 67.6 Å². The Morgan fingerprint density at radius 1 is 1.06 bits per heavy atom. The number of rotatable bonds is 7. The smallest absolute Gasteiger partial charge is 0.274 e. The van der Waals surface area contributed by atoms with Crippen LogP contribution < -0.4 is 15.0 Å². The van der Waals surface area contributed by atoms with Crippen molar-refractivity contribution >= 4 is 17.6 Å². The summed E-state index contributed by atoms with van der Waals surface area (Å²) in [5.41, 5.74) is 3.04. The van der Waals surface area contributed by atoms with E-state index in [1.165, 1.54) is 0 Å². The van der Waals surface area contributed by atoms with E-state index >= 15 is 0 Å². The largest absolute Gasteiger partial charge is 0.472 e. The van der Waals surface area contributed by atoms with Gasteiger partial charge in [-0.15, -0.1) is 0 Å². The molecule has 31 heavy (non-hydrogen) atoms. The number of nitrogens with zero attached hydrogens (tertiary/aromatic N) is 2. The number of ether oxygens (including phenoxy) is 1. The lowest BCUT2D eigenvalue weighted by Crippen LogP contribution is -2.42. The number of carbonyl (C=O) groups is 2. The first kappa shape index (κ1) is 20.6. The zero-order chi connectivity index (χ0) is 21.6. The summed E-state index contributed by atoms with van der Waals surface area (Å²) in [5, 5.41) is 2.96. The van der Waals surface area contributed by atoms with Gasteiger partial charge in [-0.25, -0.2) is 4.98 Å². The molecule has 1 aliphatic rings. The number of hydrogen-bond acceptors (Lipinski definition) is 4. The van der Waals surface area contributed by atoms with Crippen LogP contribution in [-0.2, 0) is 16.1 Å². The molecule has 1 N–H and O–H groups in total. The highest BCUT2D eigenvalue weighted by molar-refractivity contribution is 5.99. The third kappa shape index (κ3) is 4.74. The van der Waals surface area contributed by atoms with Crippen molar-refractivity contribution in [1.82, 2.24) is 10.3 Å². The summed E-state index contributed by atoms with van der Waals surface area (Å²) in [6, 6.07) is 21.0. The van der Waals surface area contributed by atoms with E-state index < -0.39 is 6.10 Å². The Kier molecular flexibility index (Phi) is 6.26. The summed E-state index contributed by atoms with van der Waals surface area (Å²) in [6.07, 6.45) is 1.78. The molecule has 0 unspecified atom stereocenters. The zero-order valence-corrected chi connectivity index (χ0v) is 17.5. The number of fused-ring (bicyclic) bond motifs is 1. The van der Waals surface area contributed by atoms with Crippen LogP contribution in [-0.4, -0.2) is 23.3 Å². The monoisotopic (exact) mass is 415 g/mol. The summed E-state index contributed by atoms with van der Waals surface area (Å²) < 4.78 is 5.95. The molecule has 2 aromatic carbocycles. The molecule has 3 aromatic rings. The van der Waals surface area contributed by atoms with Crippen LogP contribution in [0.3, 0.4) is 0 Å². The number of carbonyl (C=O) groups excluding carboxylic acids is 2. The van der Waals surface area contributed by atoms with Gasteiger partial charge in [0.2, 0.25) is 12.0 Å². The average Bonchev–Trinajstić information content (AvgIpc) is 2.80. The van der Waals surface area contributed by atoms with Crippen molar-refractivity contribution in [1.29, 1.82) is 0 Å². The van der Waals surface area contributed by atoms with Crippen LogP contribution in [0.2, 0.25) is 0 Å². The van der Waals surface area contributed by atoms with Crippen molar-refractivity contribution in [2.45, 2.75) is 32.4 Å². The molecular weight excluding hydrogens is 390 g/mol. The molecule has 0 saturated heterocycles. The molecule has 0 spiro atoms. The molecular formula is C25H25N3O3. The van der Waals surface area contributed by atoms with Crippen molar-refractivity contribution in [3.63, 3.8) is 0 Å². The van der Waals surface area contributed by atoms with Crippen molar-refractivity contribution in [3.05, 3.63) is 89.6 Å². The number of nitrogens with one attached hydrogen (secondary N) is 1. The quantitative estimate of drug-likeness (QED) is 0.634. The van der Waals surface area contributed by atoms with Crippen molar-refractivity contribution in [2.24, 2.45) is 0 Å². The topological polar surface area (TPSA) is 71.5 Å². The van der Waals surface area contributed by atoms with Crippen LogP contribution in [0.5, 0.6) is 5.75 Å². The van der Waals surface area contributed by atoms with E-state index in [9.17, 15) is 9.59 Å². The van der Waals surface area contributed by atoms with E-state index in [4.69, 9.17) is 4.74 Å². The molecule has 1 aliphatic heterocycles. The molecule has 6 nitrogen and oxygen atoms in total. The summed E-state index contributed by atoms with van der Waals surface area (Å²) in [4.78, 5) is 31.5. The number of benzene rings is 2. The second kappa shape index (κ2) is 9.43. The Morgan fingerprint density at radius 2 is 1.84 bits per heavy atom. The minimum absolute atomic E-state index is 0.0372. The highest BCUT2D eigenvalue weighted by atomic mass is 16.5. The Hall–Kier alpha value is -3.67. The van der Waals surface area contributed by atoms with Gasteiger partial charge in [0.1, 0.15) is 0 Å². The van der Waals surface area contributed by atoms with E-state index in [0.717, 1.165) is 16.7 Å². The van der Waals surface area contributed by atoms with E-state index in [1.54, 1.807) is 17.2 Å². The number of amides is 2. The van der Waals surface area contributed by atoms with Gasteiger partial charge in [0.05, 0.1) is 0 Å². The lowest BCUT2D eigenvalue weighted by Gasteiger charge is -2.33. The molecule has 2 heterocycles. The van der Waals surface area contributed by atoms with Gasteiger partial charge in [-0.05, 0) is 36.6 Å². The van der Waals surface area contributed by atoms with Crippen molar-refractivity contribution < 1.29 is 14.3 Å². The highest BCUT2D eigenvalue weighted by Crippen LogP contribution is 2.37. The molecule has 158 valence electrons. The SMILES string of the molecule is Cc1ccccc1CNC(=O)CCCN1C(=O)[C@@H](c2ccccc2)Oc2cccnc21. The van der Waals surface area contributed by atoms with Gasteiger partial charge >= 0.3 is 0 Å². The maximum absolute atomic E-state index is 13.2. The predicted octanol–water partition coefficient (Wildman–Crippen LogP) is 3.95. The average molecular weight is 415 g/mol. The number of pyridine rings is 1. The van der Waals surface area contributed by atoms with Gasteiger partial charge in [0.15, 0.2) is 11.6 Å². The summed E-state index contributed by atoms with van der Waals surface area (Å²) in [6.45, 7) is 2.93. The Bertz CT molecular complexity index is 1070. The van der Waals surface area contributed by atoms with Crippen LogP contribution in [0.4, 0.5) is 5.82 Å². The Labute approximate surface area is 181 Å². The van der Waals surface area contributed by atoms with Crippen LogP contribution in [0, 0.1) is 6.92 Å². The van der Waals surface area contributed by atoms with Gasteiger partial charge < -0.3 is 10.1 Å². The molecule has 0 saturated carbocycles. The lowest BCUT2D eigenvalue weighted by molar-refractivity contribution is -0.127. The molecule has 0 fully saturated rings. The molecule has 1 aromatic heterocycles. The highest BCUT2D eigenvalue weighted by Gasteiger charge is 2.36. The molecule has 0 radical (unpaired) electrons. The number of aryl methyl sites for hydroxylation is 1. The predicted molar refractivity (Wildman–Crippen MR) is 119 cm³/mol. The van der Waals surface area contributed by atoms with Gasteiger partial charge in [-0.3, -0.25) is 14.5 Å². The lowest BCUT2D eigenvalue weighted by atomic mass is 10.1. The molecule has 6 heteroatoms. The van der Waals surface area contributed by atoms with Gasteiger partial charge in [-0.2, -0.15) is 0 Å². The van der Waals surface area contributed by atoms with Crippen LogP contribution in [0.15, 0.2) is 72.9 Å². The maximum Gasteiger partial charge on any atom is 0.274 e. The van der Waals surface area contributed by atoms with Gasteiger partial charge in [0, 0.05) is 31.3 Å². The third-order valence-electron chi connectivity index (χ3n) is 5.37. The summed E-state index contributed by atoms with van der Waals surface area (Å²) in [7, 11) is 0. The fraction of sp³-hybridized carbons (Fsp3) is 0.240. The maximum atomic E-state index is 13.2. The van der Waals surface area contributed by atoms with E-state index in [0.29, 0.717) is 37.5 Å². The first-order valence-corrected chi connectivity index (χ1v) is 10.4. The second-order valence-corrected chi connectivity index (χ2v) is 7.53. The normalized spacial score (nSPS) is 15.2. The second-order valence-electron chi connectivity index (χ2n) is 7.53. The molecule has 0 aliphatic carbocycles. The van der Waals surface area contributed by atoms with Crippen LogP contribution >= 0.6 is 0 Å². The fourth-order valence-corrected chi connectivity index (χ4v) is 3.64. The van der Waals surface area contributed by atoms with Gasteiger partial charge in [0.25, 0.3) is 5.91 Å². The summed E-state index contributed by atoms with van der Waals surface area (Å²) >= 11 is 0. The Morgan fingerprint density at radius 3 is 2.65 bits per heavy atom. The molecule has 2 amide bonds. The van der Waals surface area contributed by atoms with Crippen LogP contribution in [0.25, 0.3) is 0 Å². The standard InChI is InChI=1S/C25H25N3O3/c1-18-9-5-6-12-20(18)17-27-22(29)14-8-16-28-24-21(13-7-15-26-24)31-23(25(28)30)19-10-3-2-4-11-19/h2-7,9-13,15,23H,8,14,16-17H2,1H3,(H,27,29)/t23-/m1/s1. The zero-order valence-electron chi connectivity index (χ0n) is 17.5. The van der Waals surface area contributed by atoms with Gasteiger partial charge in [-0.1, -0.05) is 54.6 Å². The van der Waals surface area contributed by atoms with E-state index in [2.05, 4.69) is 10.3 Å².